The Morgan fingerprint density at radius 1 is 1.25 bits per heavy atom. The highest BCUT2D eigenvalue weighted by atomic mass is 35.5. The molecule has 0 radical (unpaired) electrons. The Hall–Kier alpha value is -0.940. The number of ether oxygens (including phenoxy) is 1. The molecule has 0 saturated carbocycles. The van der Waals surface area contributed by atoms with Crippen molar-refractivity contribution in [2.45, 2.75) is 12.5 Å². The number of nitrogens with one attached hydrogen (secondary N) is 1. The Morgan fingerprint density at radius 2 is 1.88 bits per heavy atom. The third-order valence-corrected chi connectivity index (χ3v) is 2.31. The van der Waals surface area contributed by atoms with Gasteiger partial charge in [-0.15, -0.1) is 12.4 Å². The second kappa shape index (κ2) is 4.51. The molecule has 1 aliphatic heterocycles. The van der Waals surface area contributed by atoms with Crippen molar-refractivity contribution in [1.29, 1.82) is 0 Å². The van der Waals surface area contributed by atoms with E-state index in [1.165, 1.54) is 0 Å². The normalized spacial score (nSPS) is 17.2. The van der Waals surface area contributed by atoms with Gasteiger partial charge in [-0.1, -0.05) is 0 Å². The highest BCUT2D eigenvalue weighted by molar-refractivity contribution is 5.85. The van der Waals surface area contributed by atoms with Crippen LogP contribution >= 0.6 is 12.4 Å². The maximum atomic E-state index is 13.2. The number of hydrogen-bond acceptors (Lipinski definition) is 2. The molecule has 90 valence electrons. The topological polar surface area (TPSA) is 21.3 Å². The molecule has 0 aromatic heterocycles. The lowest BCUT2D eigenvalue weighted by molar-refractivity contribution is 0.0302. The van der Waals surface area contributed by atoms with Gasteiger partial charge in [-0.2, -0.15) is 4.39 Å². The highest BCUT2D eigenvalue weighted by Crippen LogP contribution is 2.27. The Balaban J connectivity index is 0.00000128. The zero-order valence-corrected chi connectivity index (χ0v) is 9.34. The maximum absolute atomic E-state index is 13.2. The summed E-state index contributed by atoms with van der Waals surface area (Å²) in [7, 11) is 0. The summed E-state index contributed by atoms with van der Waals surface area (Å²) in [5, 5.41) is 2.94. The number of hydrogen-bond donors (Lipinski definition) is 1. The number of rotatable bonds is 2. The van der Waals surface area contributed by atoms with E-state index in [0.29, 0.717) is 19.2 Å². The lowest BCUT2D eigenvalue weighted by Gasteiger charge is -2.39. The fourth-order valence-electron chi connectivity index (χ4n) is 1.42. The van der Waals surface area contributed by atoms with Gasteiger partial charge in [0, 0.05) is 25.2 Å². The third-order valence-electron chi connectivity index (χ3n) is 2.31. The average molecular weight is 254 g/mol. The van der Waals surface area contributed by atoms with Gasteiger partial charge in [-0.05, 0) is 6.92 Å². The molecular formula is C10H11ClF3NO. The fraction of sp³-hybridized carbons (Fsp3) is 0.400. The van der Waals surface area contributed by atoms with E-state index in [9.17, 15) is 13.2 Å². The van der Waals surface area contributed by atoms with Gasteiger partial charge in [0.1, 0.15) is 11.4 Å². The van der Waals surface area contributed by atoms with Gasteiger partial charge in [-0.25, -0.2) is 8.78 Å². The van der Waals surface area contributed by atoms with Crippen LogP contribution in [0, 0.1) is 17.5 Å². The summed E-state index contributed by atoms with van der Waals surface area (Å²) in [5.74, 6) is -3.61. The zero-order chi connectivity index (χ0) is 11.1. The van der Waals surface area contributed by atoms with Crippen LogP contribution < -0.4 is 10.1 Å². The van der Waals surface area contributed by atoms with Crippen molar-refractivity contribution in [3.8, 4) is 5.75 Å². The van der Waals surface area contributed by atoms with Crippen LogP contribution in [0.4, 0.5) is 13.2 Å². The lowest BCUT2D eigenvalue weighted by Crippen LogP contribution is -2.61. The predicted molar refractivity (Wildman–Crippen MR) is 55.5 cm³/mol. The second-order valence-corrected chi connectivity index (χ2v) is 3.86. The molecule has 6 heteroatoms. The van der Waals surface area contributed by atoms with Gasteiger partial charge in [-0.3, -0.25) is 0 Å². The van der Waals surface area contributed by atoms with Crippen LogP contribution in [0.2, 0.25) is 0 Å². The molecule has 0 spiro atoms. The first-order chi connectivity index (χ1) is 7.00. The molecule has 1 saturated heterocycles. The fourth-order valence-corrected chi connectivity index (χ4v) is 1.42. The summed E-state index contributed by atoms with van der Waals surface area (Å²) in [6, 6.07) is 1.34. The average Bonchev–Trinajstić information content (AvgIpc) is 2.11. The van der Waals surface area contributed by atoms with E-state index in [4.69, 9.17) is 4.74 Å². The summed E-state index contributed by atoms with van der Waals surface area (Å²) in [4.78, 5) is 0. The van der Waals surface area contributed by atoms with E-state index in [-0.39, 0.29) is 18.2 Å². The molecule has 0 unspecified atom stereocenters. The monoisotopic (exact) mass is 253 g/mol. The minimum absolute atomic E-state index is 0. The summed E-state index contributed by atoms with van der Waals surface area (Å²) in [6.45, 7) is 2.81. The minimum atomic E-state index is -1.24. The first-order valence-corrected chi connectivity index (χ1v) is 4.54. The molecule has 0 amide bonds. The van der Waals surface area contributed by atoms with Crippen LogP contribution in [0.15, 0.2) is 12.1 Å². The Morgan fingerprint density at radius 3 is 2.38 bits per heavy atom. The van der Waals surface area contributed by atoms with Gasteiger partial charge in [0.25, 0.3) is 0 Å². The van der Waals surface area contributed by atoms with Crippen molar-refractivity contribution in [2.75, 3.05) is 13.1 Å². The molecule has 1 fully saturated rings. The quantitative estimate of drug-likeness (QED) is 0.817. The van der Waals surface area contributed by atoms with E-state index >= 15 is 0 Å². The number of benzene rings is 1. The molecule has 1 aliphatic rings. The first-order valence-electron chi connectivity index (χ1n) is 4.54. The maximum Gasteiger partial charge on any atom is 0.200 e. The van der Waals surface area contributed by atoms with Crippen LogP contribution in [0.3, 0.4) is 0 Å². The zero-order valence-electron chi connectivity index (χ0n) is 8.52. The number of halogens is 4. The van der Waals surface area contributed by atoms with Crippen LogP contribution in [0.25, 0.3) is 0 Å². The van der Waals surface area contributed by atoms with Crippen molar-refractivity contribution in [3.63, 3.8) is 0 Å². The van der Waals surface area contributed by atoms with Gasteiger partial charge in [0.2, 0.25) is 5.82 Å². The molecular weight excluding hydrogens is 243 g/mol. The summed E-state index contributed by atoms with van der Waals surface area (Å²) in [5.41, 5.74) is -0.582. The van der Waals surface area contributed by atoms with E-state index in [1.807, 2.05) is 0 Å². The Kier molecular flexibility index (Phi) is 3.70. The van der Waals surface area contributed by atoms with Crippen molar-refractivity contribution < 1.29 is 17.9 Å². The first kappa shape index (κ1) is 13.1. The van der Waals surface area contributed by atoms with Crippen LogP contribution in [0.1, 0.15) is 6.92 Å². The Bertz CT molecular complexity index is 396. The third kappa shape index (κ3) is 2.41. The molecule has 1 aromatic carbocycles. The summed E-state index contributed by atoms with van der Waals surface area (Å²) >= 11 is 0. The minimum Gasteiger partial charge on any atom is -0.482 e. The van der Waals surface area contributed by atoms with Gasteiger partial charge in [0.15, 0.2) is 11.6 Å². The molecule has 0 bridgehead atoms. The van der Waals surface area contributed by atoms with Crippen molar-refractivity contribution in [3.05, 3.63) is 29.6 Å². The van der Waals surface area contributed by atoms with Crippen LogP contribution in [-0.2, 0) is 0 Å². The SMILES string of the molecule is CC1(Oc2cc(F)cc(F)c2F)CNC1.Cl. The van der Waals surface area contributed by atoms with Gasteiger partial charge in [0.05, 0.1) is 0 Å². The molecule has 16 heavy (non-hydrogen) atoms. The smallest absolute Gasteiger partial charge is 0.200 e. The van der Waals surface area contributed by atoms with Crippen molar-refractivity contribution >= 4 is 12.4 Å². The molecule has 1 N–H and O–H groups in total. The molecule has 0 aliphatic carbocycles. The molecule has 1 heterocycles. The molecule has 2 nitrogen and oxygen atoms in total. The standard InChI is InChI=1S/C10H10F3NO.ClH/c1-10(4-14-5-10)15-8-3-6(11)2-7(12)9(8)13;/h2-3,14H,4-5H2,1H3;1H. The molecule has 0 atom stereocenters. The second-order valence-electron chi connectivity index (χ2n) is 3.86. The van der Waals surface area contributed by atoms with E-state index in [1.54, 1.807) is 6.92 Å². The summed E-state index contributed by atoms with van der Waals surface area (Å²) < 4.78 is 44.0. The van der Waals surface area contributed by atoms with Crippen molar-refractivity contribution in [1.82, 2.24) is 5.32 Å². The molecule has 1 aromatic rings. The summed E-state index contributed by atoms with van der Waals surface area (Å²) in [6.07, 6.45) is 0. The van der Waals surface area contributed by atoms with Gasteiger partial charge < -0.3 is 10.1 Å². The van der Waals surface area contributed by atoms with E-state index < -0.39 is 23.1 Å². The van der Waals surface area contributed by atoms with Crippen LogP contribution in [0.5, 0.6) is 5.75 Å². The van der Waals surface area contributed by atoms with E-state index in [2.05, 4.69) is 5.32 Å². The lowest BCUT2D eigenvalue weighted by atomic mass is 10.00. The van der Waals surface area contributed by atoms with Gasteiger partial charge >= 0.3 is 0 Å². The highest BCUT2D eigenvalue weighted by Gasteiger charge is 2.35. The predicted octanol–water partition coefficient (Wildman–Crippen LogP) is 2.27. The molecule has 2 rings (SSSR count). The Labute approximate surface area is 97.2 Å². The largest absolute Gasteiger partial charge is 0.482 e. The van der Waals surface area contributed by atoms with E-state index in [0.717, 1.165) is 6.07 Å². The van der Waals surface area contributed by atoms with Crippen LogP contribution in [-0.4, -0.2) is 18.7 Å². The van der Waals surface area contributed by atoms with Crippen molar-refractivity contribution in [2.24, 2.45) is 0 Å².